The first-order chi connectivity index (χ1) is 6.61. The molecular formula is C9H9Br2NO2. The van der Waals surface area contributed by atoms with Crippen LogP contribution in [0.15, 0.2) is 21.3 Å². The van der Waals surface area contributed by atoms with Crippen LogP contribution in [0.25, 0.3) is 0 Å². The topological polar surface area (TPSA) is 39.2 Å². The van der Waals surface area contributed by atoms with Gasteiger partial charge in [0.15, 0.2) is 0 Å². The summed E-state index contributed by atoms with van der Waals surface area (Å²) in [4.78, 5) is 15.2. The van der Waals surface area contributed by atoms with Crippen molar-refractivity contribution in [2.24, 2.45) is 0 Å². The van der Waals surface area contributed by atoms with Gasteiger partial charge in [-0.2, -0.15) is 0 Å². The highest BCUT2D eigenvalue weighted by molar-refractivity contribution is 9.11. The number of halogens is 2. The highest BCUT2D eigenvalue weighted by Crippen LogP contribution is 2.16. The van der Waals surface area contributed by atoms with Crippen LogP contribution in [0.1, 0.15) is 12.5 Å². The second-order valence-electron chi connectivity index (χ2n) is 2.60. The normalized spacial score (nSPS) is 9.93. The van der Waals surface area contributed by atoms with Crippen LogP contribution in [0, 0.1) is 0 Å². The number of esters is 1. The van der Waals surface area contributed by atoms with E-state index in [1.54, 1.807) is 19.1 Å². The van der Waals surface area contributed by atoms with E-state index in [1.165, 1.54) is 0 Å². The Labute approximate surface area is 99.1 Å². The molecule has 0 amide bonds. The van der Waals surface area contributed by atoms with E-state index in [0.29, 0.717) is 15.8 Å². The monoisotopic (exact) mass is 321 g/mol. The summed E-state index contributed by atoms with van der Waals surface area (Å²) < 4.78 is 6.24. The highest BCUT2D eigenvalue weighted by Gasteiger charge is 2.05. The van der Waals surface area contributed by atoms with Gasteiger partial charge in [0.1, 0.15) is 9.21 Å². The van der Waals surface area contributed by atoms with Crippen molar-refractivity contribution >= 4 is 37.8 Å². The van der Waals surface area contributed by atoms with E-state index in [2.05, 4.69) is 36.8 Å². The van der Waals surface area contributed by atoms with Crippen molar-refractivity contribution in [1.29, 1.82) is 0 Å². The van der Waals surface area contributed by atoms with Crippen molar-refractivity contribution in [1.82, 2.24) is 4.98 Å². The molecule has 0 bridgehead atoms. The lowest BCUT2D eigenvalue weighted by atomic mass is 10.2. The van der Waals surface area contributed by atoms with Gasteiger partial charge in [-0.1, -0.05) is 0 Å². The predicted molar refractivity (Wildman–Crippen MR) is 60.0 cm³/mol. The number of rotatable bonds is 3. The molecular weight excluding hydrogens is 314 g/mol. The molecule has 0 N–H and O–H groups in total. The van der Waals surface area contributed by atoms with Crippen molar-refractivity contribution < 1.29 is 9.53 Å². The SMILES string of the molecule is CCOC(=O)Cc1cc(Br)nc(Br)c1. The molecule has 0 aliphatic carbocycles. The van der Waals surface area contributed by atoms with E-state index in [0.717, 1.165) is 5.56 Å². The third kappa shape index (κ3) is 3.75. The Kier molecular flexibility index (Phi) is 4.54. The van der Waals surface area contributed by atoms with Gasteiger partial charge in [-0.25, -0.2) is 4.98 Å². The van der Waals surface area contributed by atoms with E-state index in [4.69, 9.17) is 4.74 Å². The molecule has 3 nitrogen and oxygen atoms in total. The maximum Gasteiger partial charge on any atom is 0.310 e. The van der Waals surface area contributed by atoms with Gasteiger partial charge in [0, 0.05) is 0 Å². The molecule has 76 valence electrons. The van der Waals surface area contributed by atoms with Crippen LogP contribution in [0.4, 0.5) is 0 Å². The first-order valence-electron chi connectivity index (χ1n) is 4.09. The summed E-state index contributed by atoms with van der Waals surface area (Å²) in [6.07, 6.45) is 0.271. The molecule has 0 fully saturated rings. The fourth-order valence-corrected chi connectivity index (χ4v) is 2.20. The Balaban J connectivity index is 2.71. The van der Waals surface area contributed by atoms with E-state index in [9.17, 15) is 4.79 Å². The molecule has 0 radical (unpaired) electrons. The molecule has 14 heavy (non-hydrogen) atoms. The third-order valence-electron chi connectivity index (χ3n) is 1.48. The quantitative estimate of drug-likeness (QED) is 0.634. The molecule has 0 saturated carbocycles. The molecule has 5 heteroatoms. The lowest BCUT2D eigenvalue weighted by molar-refractivity contribution is -0.142. The van der Waals surface area contributed by atoms with Gasteiger partial charge in [0.2, 0.25) is 0 Å². The van der Waals surface area contributed by atoms with Crippen molar-refractivity contribution in [2.45, 2.75) is 13.3 Å². The number of carbonyl (C=O) groups excluding carboxylic acids is 1. The minimum absolute atomic E-state index is 0.225. The van der Waals surface area contributed by atoms with E-state index in [-0.39, 0.29) is 12.4 Å². The molecule has 0 aromatic carbocycles. The Morgan fingerprint density at radius 1 is 1.43 bits per heavy atom. The standard InChI is InChI=1S/C9H9Br2NO2/c1-2-14-9(13)5-6-3-7(10)12-8(11)4-6/h3-4H,2,5H2,1H3. The van der Waals surface area contributed by atoms with Crippen LogP contribution in [0.2, 0.25) is 0 Å². The maximum atomic E-state index is 11.2. The summed E-state index contributed by atoms with van der Waals surface area (Å²) in [6.45, 7) is 2.20. The molecule has 1 rings (SSSR count). The van der Waals surface area contributed by atoms with Crippen LogP contribution in [0.3, 0.4) is 0 Å². The molecule has 1 heterocycles. The number of hydrogen-bond acceptors (Lipinski definition) is 3. The fraction of sp³-hybridized carbons (Fsp3) is 0.333. The molecule has 0 aliphatic rings. The molecule has 0 spiro atoms. The van der Waals surface area contributed by atoms with Crippen LogP contribution in [-0.4, -0.2) is 17.6 Å². The van der Waals surface area contributed by atoms with E-state index in [1.807, 2.05) is 0 Å². The minimum atomic E-state index is -0.225. The molecule has 1 aromatic heterocycles. The lowest BCUT2D eigenvalue weighted by Gasteiger charge is -2.02. The first kappa shape index (κ1) is 11.7. The van der Waals surface area contributed by atoms with Crippen LogP contribution in [-0.2, 0) is 16.0 Å². The van der Waals surface area contributed by atoms with Gasteiger partial charge < -0.3 is 4.74 Å². The molecule has 0 unspecified atom stereocenters. The van der Waals surface area contributed by atoms with Gasteiger partial charge >= 0.3 is 5.97 Å². The summed E-state index contributed by atoms with van der Waals surface area (Å²) >= 11 is 6.50. The number of nitrogens with zero attached hydrogens (tertiary/aromatic N) is 1. The number of aromatic nitrogens is 1. The first-order valence-corrected chi connectivity index (χ1v) is 5.68. The number of carbonyl (C=O) groups is 1. The van der Waals surface area contributed by atoms with Crippen LogP contribution in [0.5, 0.6) is 0 Å². The fourth-order valence-electron chi connectivity index (χ4n) is 0.995. The summed E-state index contributed by atoms with van der Waals surface area (Å²) in [5.41, 5.74) is 0.872. The van der Waals surface area contributed by atoms with E-state index >= 15 is 0 Å². The number of hydrogen-bond donors (Lipinski definition) is 0. The van der Waals surface area contributed by atoms with E-state index < -0.39 is 0 Å². The zero-order valence-corrected chi connectivity index (χ0v) is 10.8. The summed E-state index contributed by atoms with van der Waals surface area (Å²) in [6, 6.07) is 3.59. The van der Waals surface area contributed by atoms with Crippen molar-refractivity contribution in [2.75, 3.05) is 6.61 Å². The second kappa shape index (κ2) is 5.46. The summed E-state index contributed by atoms with van der Waals surface area (Å²) in [5.74, 6) is -0.225. The largest absolute Gasteiger partial charge is 0.466 e. The number of ether oxygens (including phenoxy) is 1. The average Bonchev–Trinajstić information content (AvgIpc) is 2.01. The summed E-state index contributed by atoms with van der Waals surface area (Å²) in [7, 11) is 0. The highest BCUT2D eigenvalue weighted by atomic mass is 79.9. The Morgan fingerprint density at radius 2 is 2.00 bits per heavy atom. The Morgan fingerprint density at radius 3 is 2.50 bits per heavy atom. The average molecular weight is 323 g/mol. The second-order valence-corrected chi connectivity index (χ2v) is 4.23. The molecule has 0 atom stereocenters. The maximum absolute atomic E-state index is 11.2. The van der Waals surface area contributed by atoms with Gasteiger partial charge in [-0.15, -0.1) is 0 Å². The molecule has 0 aliphatic heterocycles. The Bertz CT molecular complexity index is 321. The van der Waals surface area contributed by atoms with Crippen LogP contribution < -0.4 is 0 Å². The number of pyridine rings is 1. The van der Waals surface area contributed by atoms with Gasteiger partial charge in [-0.3, -0.25) is 4.79 Å². The minimum Gasteiger partial charge on any atom is -0.466 e. The zero-order chi connectivity index (χ0) is 10.6. The zero-order valence-electron chi connectivity index (χ0n) is 7.59. The van der Waals surface area contributed by atoms with Gasteiger partial charge in [0.25, 0.3) is 0 Å². The molecule has 1 aromatic rings. The van der Waals surface area contributed by atoms with Gasteiger partial charge in [0.05, 0.1) is 13.0 Å². The van der Waals surface area contributed by atoms with Crippen molar-refractivity contribution in [3.05, 3.63) is 26.9 Å². The van der Waals surface area contributed by atoms with Gasteiger partial charge in [-0.05, 0) is 56.5 Å². The van der Waals surface area contributed by atoms with Crippen LogP contribution >= 0.6 is 31.9 Å². The lowest BCUT2D eigenvalue weighted by Crippen LogP contribution is -2.07. The smallest absolute Gasteiger partial charge is 0.310 e. The predicted octanol–water partition coefficient (Wildman–Crippen LogP) is 2.71. The van der Waals surface area contributed by atoms with Crippen molar-refractivity contribution in [3.63, 3.8) is 0 Å². The molecule has 0 saturated heterocycles. The van der Waals surface area contributed by atoms with Crippen molar-refractivity contribution in [3.8, 4) is 0 Å². The summed E-state index contributed by atoms with van der Waals surface area (Å²) in [5, 5.41) is 0. The third-order valence-corrected chi connectivity index (χ3v) is 2.29. The Hall–Kier alpha value is -0.420.